The van der Waals surface area contributed by atoms with Crippen LogP contribution in [0.2, 0.25) is 0 Å². The van der Waals surface area contributed by atoms with Gasteiger partial charge in [0.25, 0.3) is 5.56 Å². The molecule has 5 rings (SSSR count). The van der Waals surface area contributed by atoms with E-state index in [1.54, 1.807) is 31.4 Å². The van der Waals surface area contributed by atoms with E-state index in [1.165, 1.54) is 0 Å². The lowest BCUT2D eigenvalue weighted by molar-refractivity contribution is 0.358. The number of ether oxygens (including phenoxy) is 2. The topological polar surface area (TPSA) is 82.4 Å². The quantitative estimate of drug-likeness (QED) is 0.489. The summed E-state index contributed by atoms with van der Waals surface area (Å²) in [6.07, 6.45) is 4.92. The molecular formula is C24H25N5O3. The van der Waals surface area contributed by atoms with Gasteiger partial charge < -0.3 is 14.4 Å². The van der Waals surface area contributed by atoms with Crippen molar-refractivity contribution < 1.29 is 9.47 Å². The predicted octanol–water partition coefficient (Wildman–Crippen LogP) is 3.51. The van der Waals surface area contributed by atoms with Gasteiger partial charge in [0, 0.05) is 24.5 Å². The highest BCUT2D eigenvalue weighted by molar-refractivity contribution is 5.95. The SMILES string of the molecule is COc1ccc2c(N3CCC(n4cnc5ccc(C)cc5c4=O)CC3)ncnc2c1OC. The van der Waals surface area contributed by atoms with Crippen molar-refractivity contribution in [3.05, 3.63) is 58.9 Å². The summed E-state index contributed by atoms with van der Waals surface area (Å²) < 4.78 is 12.7. The number of hydrogen-bond acceptors (Lipinski definition) is 7. The molecule has 1 fully saturated rings. The molecule has 8 nitrogen and oxygen atoms in total. The standard InChI is InChI=1S/C24H25N5O3/c1-15-4-6-19-18(12-15)24(30)29(14-27-19)16-8-10-28(11-9-16)23-17-5-7-20(31-2)22(32-3)21(17)25-13-26-23/h4-7,12-14,16H,8-11H2,1-3H3. The summed E-state index contributed by atoms with van der Waals surface area (Å²) in [5.41, 5.74) is 2.56. The van der Waals surface area contributed by atoms with Crippen LogP contribution in [0.5, 0.6) is 11.5 Å². The van der Waals surface area contributed by atoms with Crippen molar-refractivity contribution in [2.75, 3.05) is 32.2 Å². The van der Waals surface area contributed by atoms with E-state index in [0.29, 0.717) is 16.9 Å². The highest BCUT2D eigenvalue weighted by Gasteiger charge is 2.25. The third-order valence-corrected chi connectivity index (χ3v) is 6.22. The second kappa shape index (κ2) is 8.11. The molecule has 0 spiro atoms. The lowest BCUT2D eigenvalue weighted by Gasteiger charge is -2.34. The predicted molar refractivity (Wildman–Crippen MR) is 124 cm³/mol. The van der Waals surface area contributed by atoms with Crippen LogP contribution in [0, 0.1) is 6.92 Å². The molecule has 3 heterocycles. The van der Waals surface area contributed by atoms with Gasteiger partial charge in [0.2, 0.25) is 0 Å². The van der Waals surface area contributed by atoms with Crippen LogP contribution in [-0.2, 0) is 0 Å². The van der Waals surface area contributed by atoms with Crippen molar-refractivity contribution in [1.82, 2.24) is 19.5 Å². The number of piperidine rings is 1. The first-order valence-corrected chi connectivity index (χ1v) is 10.7. The van der Waals surface area contributed by atoms with Crippen molar-refractivity contribution in [2.45, 2.75) is 25.8 Å². The zero-order chi connectivity index (χ0) is 22.2. The molecule has 0 aliphatic carbocycles. The largest absolute Gasteiger partial charge is 0.493 e. The Bertz CT molecular complexity index is 1360. The van der Waals surface area contributed by atoms with Crippen molar-refractivity contribution in [1.29, 1.82) is 0 Å². The maximum Gasteiger partial charge on any atom is 0.261 e. The first-order chi connectivity index (χ1) is 15.6. The zero-order valence-corrected chi connectivity index (χ0v) is 18.4. The number of nitrogens with zero attached hydrogens (tertiary/aromatic N) is 5. The summed E-state index contributed by atoms with van der Waals surface area (Å²) in [5, 5.41) is 1.60. The summed E-state index contributed by atoms with van der Waals surface area (Å²) in [7, 11) is 3.23. The summed E-state index contributed by atoms with van der Waals surface area (Å²) in [6, 6.07) is 9.77. The smallest absolute Gasteiger partial charge is 0.261 e. The van der Waals surface area contributed by atoms with Gasteiger partial charge in [0.15, 0.2) is 11.5 Å². The first-order valence-electron chi connectivity index (χ1n) is 10.7. The molecule has 0 atom stereocenters. The molecule has 0 bridgehead atoms. The van der Waals surface area contributed by atoms with Crippen LogP contribution in [0.1, 0.15) is 24.4 Å². The van der Waals surface area contributed by atoms with Gasteiger partial charge in [-0.25, -0.2) is 15.0 Å². The van der Waals surface area contributed by atoms with Gasteiger partial charge in [-0.05, 0) is 44.0 Å². The molecule has 0 saturated carbocycles. The van der Waals surface area contributed by atoms with E-state index in [1.807, 2.05) is 37.3 Å². The van der Waals surface area contributed by atoms with Crippen LogP contribution in [0.15, 0.2) is 47.8 Å². The van der Waals surface area contributed by atoms with Crippen LogP contribution >= 0.6 is 0 Å². The average molecular weight is 431 g/mol. The number of anilines is 1. The van der Waals surface area contributed by atoms with Gasteiger partial charge in [0.05, 0.1) is 31.4 Å². The minimum atomic E-state index is 0.0291. The van der Waals surface area contributed by atoms with Gasteiger partial charge in [-0.1, -0.05) is 11.6 Å². The van der Waals surface area contributed by atoms with Gasteiger partial charge in [-0.3, -0.25) is 9.36 Å². The van der Waals surface area contributed by atoms with Crippen LogP contribution in [0.25, 0.3) is 21.8 Å². The number of fused-ring (bicyclic) bond motifs is 2. The summed E-state index contributed by atoms with van der Waals surface area (Å²) in [6.45, 7) is 3.55. The fourth-order valence-corrected chi connectivity index (χ4v) is 4.55. The van der Waals surface area contributed by atoms with Crippen molar-refractivity contribution >= 4 is 27.6 Å². The molecular weight excluding hydrogens is 406 g/mol. The van der Waals surface area contributed by atoms with E-state index >= 15 is 0 Å². The van der Waals surface area contributed by atoms with Crippen LogP contribution in [0.3, 0.4) is 0 Å². The molecule has 1 aliphatic heterocycles. The normalized spacial score (nSPS) is 14.8. The Hall–Kier alpha value is -3.68. The Morgan fingerprint density at radius 1 is 0.969 bits per heavy atom. The van der Waals surface area contributed by atoms with E-state index in [2.05, 4.69) is 19.9 Å². The van der Waals surface area contributed by atoms with E-state index in [0.717, 1.165) is 53.7 Å². The number of aromatic nitrogens is 4. The summed E-state index contributed by atoms with van der Waals surface area (Å²) in [4.78, 5) is 28.9. The van der Waals surface area contributed by atoms with Gasteiger partial charge in [-0.15, -0.1) is 0 Å². The molecule has 8 heteroatoms. The van der Waals surface area contributed by atoms with Gasteiger partial charge >= 0.3 is 0 Å². The second-order valence-electron chi connectivity index (χ2n) is 8.09. The molecule has 2 aromatic heterocycles. The summed E-state index contributed by atoms with van der Waals surface area (Å²) in [5.74, 6) is 2.11. The van der Waals surface area contributed by atoms with E-state index in [4.69, 9.17) is 9.47 Å². The molecule has 2 aromatic carbocycles. The third-order valence-electron chi connectivity index (χ3n) is 6.22. The maximum absolute atomic E-state index is 13.1. The number of rotatable bonds is 4. The Morgan fingerprint density at radius 3 is 2.53 bits per heavy atom. The Balaban J connectivity index is 1.43. The summed E-state index contributed by atoms with van der Waals surface area (Å²) >= 11 is 0. The number of methoxy groups -OCH3 is 2. The van der Waals surface area contributed by atoms with Crippen molar-refractivity contribution in [2.24, 2.45) is 0 Å². The van der Waals surface area contributed by atoms with Crippen molar-refractivity contribution in [3.63, 3.8) is 0 Å². The molecule has 0 radical (unpaired) electrons. The molecule has 4 aromatic rings. The van der Waals surface area contributed by atoms with E-state index in [9.17, 15) is 4.79 Å². The minimum Gasteiger partial charge on any atom is -0.493 e. The third kappa shape index (κ3) is 3.32. The molecule has 164 valence electrons. The molecule has 32 heavy (non-hydrogen) atoms. The van der Waals surface area contributed by atoms with Crippen LogP contribution < -0.4 is 19.9 Å². The lowest BCUT2D eigenvalue weighted by atomic mass is 10.0. The molecule has 1 saturated heterocycles. The highest BCUT2D eigenvalue weighted by atomic mass is 16.5. The first kappa shape index (κ1) is 20.2. The van der Waals surface area contributed by atoms with Crippen LogP contribution in [-0.4, -0.2) is 46.8 Å². The Labute approximate surface area is 185 Å². The zero-order valence-electron chi connectivity index (χ0n) is 18.4. The number of aryl methyl sites for hydroxylation is 1. The minimum absolute atomic E-state index is 0.0291. The highest BCUT2D eigenvalue weighted by Crippen LogP contribution is 2.38. The van der Waals surface area contributed by atoms with E-state index in [-0.39, 0.29) is 11.6 Å². The molecule has 0 amide bonds. The van der Waals surface area contributed by atoms with Gasteiger partial charge in [0.1, 0.15) is 17.7 Å². The second-order valence-corrected chi connectivity index (χ2v) is 8.09. The molecule has 1 aliphatic rings. The van der Waals surface area contributed by atoms with Gasteiger partial charge in [-0.2, -0.15) is 0 Å². The maximum atomic E-state index is 13.1. The molecule has 0 unspecified atom stereocenters. The fraction of sp³-hybridized carbons (Fsp3) is 0.333. The Morgan fingerprint density at radius 2 is 1.78 bits per heavy atom. The average Bonchev–Trinajstić information content (AvgIpc) is 2.83. The van der Waals surface area contributed by atoms with Crippen molar-refractivity contribution in [3.8, 4) is 11.5 Å². The monoisotopic (exact) mass is 431 g/mol. The lowest BCUT2D eigenvalue weighted by Crippen LogP contribution is -2.38. The molecule has 0 N–H and O–H groups in total. The van der Waals surface area contributed by atoms with Crippen LogP contribution in [0.4, 0.5) is 5.82 Å². The fourth-order valence-electron chi connectivity index (χ4n) is 4.55. The number of benzene rings is 2. The number of hydrogen-bond donors (Lipinski definition) is 0. The van der Waals surface area contributed by atoms with E-state index < -0.39 is 0 Å². The Kier molecular flexibility index (Phi) is 5.13.